The van der Waals surface area contributed by atoms with E-state index < -0.39 is 0 Å². The highest BCUT2D eigenvalue weighted by Crippen LogP contribution is 2.36. The average Bonchev–Trinajstić information content (AvgIpc) is 3.29. The van der Waals surface area contributed by atoms with Crippen molar-refractivity contribution in [3.05, 3.63) is 59.7 Å². The maximum absolute atomic E-state index is 13.2. The molecule has 3 aromatic rings. The molecule has 0 aromatic heterocycles. The van der Waals surface area contributed by atoms with Crippen molar-refractivity contribution in [2.75, 3.05) is 62.0 Å². The second-order valence-electron chi connectivity index (χ2n) is 8.58. The van der Waals surface area contributed by atoms with Crippen LogP contribution < -0.4 is 19.9 Å². The molecule has 176 valence electrons. The first-order chi connectivity index (χ1) is 16.1. The molecule has 0 unspecified atom stereocenters. The van der Waals surface area contributed by atoms with Crippen LogP contribution in [0.4, 0.5) is 21.9 Å². The van der Waals surface area contributed by atoms with Gasteiger partial charge < -0.3 is 19.9 Å². The maximum Gasteiger partial charge on any atom is 0.326 e. The van der Waals surface area contributed by atoms with E-state index in [4.69, 9.17) is 4.74 Å². The van der Waals surface area contributed by atoms with Gasteiger partial charge in [0.1, 0.15) is 5.75 Å². The molecule has 0 bridgehead atoms. The Bertz CT molecular complexity index is 1260. The first-order valence-corrected chi connectivity index (χ1v) is 11.2. The minimum atomic E-state index is -0.154. The van der Waals surface area contributed by atoms with E-state index in [0.29, 0.717) is 12.1 Å². The molecule has 5 rings (SSSR count). The predicted octanol–water partition coefficient (Wildman–Crippen LogP) is 4.49. The number of nitrogens with zero attached hydrogens (tertiary/aromatic N) is 4. The molecule has 2 amide bonds. The number of halogens is 1. The number of benzene rings is 3. The van der Waals surface area contributed by atoms with E-state index in [0.717, 1.165) is 71.7 Å². The third kappa shape index (κ3) is 4.23. The number of hydrogen-bond acceptors (Lipinski definition) is 5. The number of fused-ring (bicyclic) bond motifs is 3. The lowest BCUT2D eigenvalue weighted by atomic mass is 9.99. The molecule has 0 atom stereocenters. The quantitative estimate of drug-likeness (QED) is 0.601. The number of carbonyl (C=O) groups is 1. The molecule has 8 heteroatoms. The summed E-state index contributed by atoms with van der Waals surface area (Å²) >= 11 is 0. The van der Waals surface area contributed by atoms with E-state index in [1.165, 1.54) is 0 Å². The number of ether oxygens (including phenoxy) is 1. The Hall–Kier alpha value is -3.47. The molecule has 34 heavy (non-hydrogen) atoms. The van der Waals surface area contributed by atoms with Crippen LogP contribution in [0.3, 0.4) is 0 Å². The molecule has 1 N–H and O–H groups in total. The van der Waals surface area contributed by atoms with Crippen molar-refractivity contribution in [3.63, 3.8) is 0 Å². The van der Waals surface area contributed by atoms with Crippen LogP contribution in [0.5, 0.6) is 5.75 Å². The molecule has 1 fully saturated rings. The SMILES string of the molecule is COc1ccc(NC(=O)N2CCc3c2ccc2c(C#N)cccc32)cc1N1CCN(C)CC1.Cl. The number of likely N-dealkylation sites (N-methyl/N-ethyl adjacent to an activating group) is 1. The molecule has 2 aliphatic heterocycles. The van der Waals surface area contributed by atoms with E-state index in [-0.39, 0.29) is 18.4 Å². The summed E-state index contributed by atoms with van der Waals surface area (Å²) in [6, 6.07) is 17.6. The maximum atomic E-state index is 13.2. The van der Waals surface area contributed by atoms with Crippen molar-refractivity contribution in [1.82, 2.24) is 4.90 Å². The Kier molecular flexibility index (Phi) is 6.82. The summed E-state index contributed by atoms with van der Waals surface area (Å²) in [7, 11) is 3.81. The first kappa shape index (κ1) is 23.7. The molecular weight excluding hydrogens is 450 g/mol. The van der Waals surface area contributed by atoms with Gasteiger partial charge in [-0.25, -0.2) is 4.79 Å². The topological polar surface area (TPSA) is 71.8 Å². The molecule has 1 saturated heterocycles. The summed E-state index contributed by atoms with van der Waals surface area (Å²) in [5, 5.41) is 14.5. The second kappa shape index (κ2) is 9.80. The van der Waals surface area contributed by atoms with Gasteiger partial charge in [-0.2, -0.15) is 5.26 Å². The molecule has 7 nitrogen and oxygen atoms in total. The van der Waals surface area contributed by atoms with Crippen molar-refractivity contribution in [2.45, 2.75) is 6.42 Å². The lowest BCUT2D eigenvalue weighted by molar-refractivity contribution is 0.257. The number of urea groups is 1. The van der Waals surface area contributed by atoms with Gasteiger partial charge in [0.25, 0.3) is 0 Å². The first-order valence-electron chi connectivity index (χ1n) is 11.2. The van der Waals surface area contributed by atoms with E-state index in [1.807, 2.05) is 48.5 Å². The van der Waals surface area contributed by atoms with Crippen LogP contribution in [0, 0.1) is 11.3 Å². The van der Waals surface area contributed by atoms with Gasteiger partial charge in [0, 0.05) is 44.1 Å². The Morgan fingerprint density at radius 3 is 2.53 bits per heavy atom. The van der Waals surface area contributed by atoms with Crippen LogP contribution in [0.25, 0.3) is 10.8 Å². The predicted molar refractivity (Wildman–Crippen MR) is 139 cm³/mol. The molecule has 0 aliphatic carbocycles. The van der Waals surface area contributed by atoms with E-state index in [1.54, 1.807) is 12.0 Å². The van der Waals surface area contributed by atoms with E-state index in [9.17, 15) is 10.1 Å². The molecule has 0 saturated carbocycles. The van der Waals surface area contributed by atoms with Crippen LogP contribution in [0.15, 0.2) is 48.5 Å². The number of methoxy groups -OCH3 is 1. The van der Waals surface area contributed by atoms with Crippen molar-refractivity contribution in [3.8, 4) is 11.8 Å². The van der Waals surface area contributed by atoms with Crippen LogP contribution in [-0.2, 0) is 6.42 Å². The van der Waals surface area contributed by atoms with Crippen LogP contribution >= 0.6 is 12.4 Å². The summed E-state index contributed by atoms with van der Waals surface area (Å²) in [5.41, 5.74) is 4.43. The van der Waals surface area contributed by atoms with Gasteiger partial charge in [-0.1, -0.05) is 18.2 Å². The fourth-order valence-corrected chi connectivity index (χ4v) is 4.83. The highest BCUT2D eigenvalue weighted by Gasteiger charge is 2.27. The monoisotopic (exact) mass is 477 g/mol. The Morgan fingerprint density at radius 2 is 1.79 bits per heavy atom. The van der Waals surface area contributed by atoms with Gasteiger partial charge in [-0.05, 0) is 60.1 Å². The van der Waals surface area contributed by atoms with Crippen LogP contribution in [0.1, 0.15) is 11.1 Å². The van der Waals surface area contributed by atoms with Gasteiger partial charge in [0.2, 0.25) is 0 Å². The van der Waals surface area contributed by atoms with E-state index >= 15 is 0 Å². The van der Waals surface area contributed by atoms with Gasteiger partial charge in [-0.15, -0.1) is 12.4 Å². The Balaban J connectivity index is 0.00000274. The number of hydrogen-bond donors (Lipinski definition) is 1. The second-order valence-corrected chi connectivity index (χ2v) is 8.58. The van der Waals surface area contributed by atoms with Crippen molar-refractivity contribution >= 4 is 46.3 Å². The fourth-order valence-electron chi connectivity index (χ4n) is 4.83. The van der Waals surface area contributed by atoms with Crippen molar-refractivity contribution in [1.29, 1.82) is 5.26 Å². The summed E-state index contributed by atoms with van der Waals surface area (Å²) in [4.78, 5) is 19.6. The average molecular weight is 478 g/mol. The summed E-state index contributed by atoms with van der Waals surface area (Å²) in [6.45, 7) is 4.43. The number of anilines is 3. The normalized spacial score (nSPS) is 15.4. The van der Waals surface area contributed by atoms with E-state index in [2.05, 4.69) is 28.2 Å². The smallest absolute Gasteiger partial charge is 0.326 e. The van der Waals surface area contributed by atoms with Crippen molar-refractivity contribution < 1.29 is 9.53 Å². The third-order valence-electron chi connectivity index (χ3n) is 6.66. The highest BCUT2D eigenvalue weighted by atomic mass is 35.5. The number of nitrogens with one attached hydrogen (secondary N) is 1. The molecule has 3 aromatic carbocycles. The van der Waals surface area contributed by atoms with Crippen molar-refractivity contribution in [2.24, 2.45) is 0 Å². The summed E-state index contributed by atoms with van der Waals surface area (Å²) in [5.74, 6) is 0.809. The van der Waals surface area contributed by atoms with Gasteiger partial charge in [0.05, 0.1) is 24.4 Å². The standard InChI is InChI=1S/C26H27N5O2.ClH/c1-29-12-14-30(15-13-29)24-16-19(6-9-25(24)33-2)28-26(32)31-11-10-22-21-5-3-4-18(17-27)20(21)7-8-23(22)31;/h3-9,16H,10-15H2,1-2H3,(H,28,32);1H. The molecule has 2 aliphatic rings. The van der Waals surface area contributed by atoms with Gasteiger partial charge in [-0.3, -0.25) is 4.90 Å². The zero-order valence-electron chi connectivity index (χ0n) is 19.4. The summed E-state index contributed by atoms with van der Waals surface area (Å²) in [6.07, 6.45) is 0.768. The minimum absolute atomic E-state index is 0. The number of rotatable bonds is 3. The zero-order valence-corrected chi connectivity index (χ0v) is 20.2. The van der Waals surface area contributed by atoms with Crippen LogP contribution in [0.2, 0.25) is 0 Å². The number of amides is 2. The minimum Gasteiger partial charge on any atom is -0.495 e. The lowest BCUT2D eigenvalue weighted by Crippen LogP contribution is -2.44. The van der Waals surface area contributed by atoms with Gasteiger partial charge >= 0.3 is 6.03 Å². The molecule has 2 heterocycles. The third-order valence-corrected chi connectivity index (χ3v) is 6.66. The molecular formula is C26H28ClN5O2. The lowest BCUT2D eigenvalue weighted by Gasteiger charge is -2.35. The number of carbonyl (C=O) groups excluding carboxylic acids is 1. The highest BCUT2D eigenvalue weighted by molar-refractivity contribution is 6.06. The molecule has 0 radical (unpaired) electrons. The number of nitriles is 1. The largest absolute Gasteiger partial charge is 0.495 e. The summed E-state index contributed by atoms with van der Waals surface area (Å²) < 4.78 is 5.59. The Morgan fingerprint density at radius 1 is 1.00 bits per heavy atom. The Labute approximate surface area is 205 Å². The van der Waals surface area contributed by atoms with Crippen LogP contribution in [-0.4, -0.2) is 57.8 Å². The fraction of sp³-hybridized carbons (Fsp3) is 0.308. The zero-order chi connectivity index (χ0) is 22.9. The van der Waals surface area contributed by atoms with Gasteiger partial charge in [0.15, 0.2) is 0 Å². The number of piperazine rings is 1. The molecule has 0 spiro atoms.